The van der Waals surface area contributed by atoms with Crippen LogP contribution in [-0.4, -0.2) is 28.3 Å². The van der Waals surface area contributed by atoms with Crippen molar-refractivity contribution < 1.29 is 15.0 Å². The molecule has 0 radical (unpaired) electrons. The highest BCUT2D eigenvalue weighted by Gasteiger charge is 2.20. The Morgan fingerprint density at radius 2 is 2.22 bits per heavy atom. The third kappa shape index (κ3) is 2.41. The lowest BCUT2D eigenvalue weighted by Gasteiger charge is -2.12. The quantitative estimate of drug-likeness (QED) is 0.272. The maximum Gasteiger partial charge on any atom is 0.324 e. The molecule has 0 spiro atoms. The van der Waals surface area contributed by atoms with Crippen molar-refractivity contribution in [3.63, 3.8) is 0 Å². The summed E-state index contributed by atoms with van der Waals surface area (Å²) in [6, 6.07) is -1.08. The lowest BCUT2D eigenvalue weighted by molar-refractivity contribution is -0.142. The number of hydrogen-bond acceptors (Lipinski definition) is 4. The Bertz CT molecular complexity index is 104. The molecule has 0 fully saturated rings. The fourth-order valence-electron chi connectivity index (χ4n) is 0.417. The Morgan fingerprint density at radius 3 is 2.22 bits per heavy atom. The molecule has 5 heteroatoms. The molecule has 54 valence electrons. The van der Waals surface area contributed by atoms with Crippen LogP contribution in [0.2, 0.25) is 0 Å². The number of carbonyl (C=O) groups is 1. The van der Waals surface area contributed by atoms with Crippen LogP contribution < -0.4 is 11.3 Å². The summed E-state index contributed by atoms with van der Waals surface area (Å²) in [7, 11) is 0. The molecule has 0 rings (SSSR count). The Balaban J connectivity index is 3.83. The zero-order valence-electron chi connectivity index (χ0n) is 5.03. The van der Waals surface area contributed by atoms with Gasteiger partial charge >= 0.3 is 5.97 Å². The number of carboxylic acids is 1. The molecule has 0 amide bonds. The van der Waals surface area contributed by atoms with Gasteiger partial charge in [0.2, 0.25) is 0 Å². The molecule has 0 aromatic heterocycles. The van der Waals surface area contributed by atoms with Crippen LogP contribution in [0, 0.1) is 0 Å². The molecule has 5 nitrogen and oxygen atoms in total. The van der Waals surface area contributed by atoms with Gasteiger partial charge in [0.25, 0.3) is 0 Å². The van der Waals surface area contributed by atoms with E-state index in [0.29, 0.717) is 0 Å². The van der Waals surface area contributed by atoms with Gasteiger partial charge < -0.3 is 10.2 Å². The second-order valence-electron chi connectivity index (χ2n) is 1.72. The first-order chi connectivity index (χ1) is 4.09. The minimum Gasteiger partial charge on any atom is -0.480 e. The van der Waals surface area contributed by atoms with Crippen molar-refractivity contribution in [3.8, 4) is 0 Å². The van der Waals surface area contributed by atoms with E-state index >= 15 is 0 Å². The summed E-state index contributed by atoms with van der Waals surface area (Å²) in [5.74, 6) is 3.62. The summed E-state index contributed by atoms with van der Waals surface area (Å²) in [4.78, 5) is 10.1. The van der Waals surface area contributed by atoms with Gasteiger partial charge in [0, 0.05) is 0 Å². The fraction of sp³-hybridized carbons (Fsp3) is 0.750. The number of aliphatic carboxylic acids is 1. The molecule has 0 bridgehead atoms. The van der Waals surface area contributed by atoms with Crippen LogP contribution in [0.25, 0.3) is 0 Å². The number of nitrogens with one attached hydrogen (secondary N) is 1. The lowest BCUT2D eigenvalue weighted by atomic mass is 10.2. The van der Waals surface area contributed by atoms with E-state index in [1.165, 1.54) is 6.92 Å². The average Bonchev–Trinajstić information content (AvgIpc) is 1.64. The van der Waals surface area contributed by atoms with E-state index in [1.54, 1.807) is 0 Å². The number of rotatable bonds is 3. The fourth-order valence-corrected chi connectivity index (χ4v) is 0.417. The smallest absolute Gasteiger partial charge is 0.324 e. The Labute approximate surface area is 52.4 Å². The van der Waals surface area contributed by atoms with Crippen molar-refractivity contribution in [3.05, 3.63) is 0 Å². The second kappa shape index (κ2) is 3.39. The van der Waals surface area contributed by atoms with Crippen molar-refractivity contribution >= 4 is 5.97 Å². The van der Waals surface area contributed by atoms with Crippen LogP contribution in [0.15, 0.2) is 0 Å². The van der Waals surface area contributed by atoms with Crippen LogP contribution >= 0.6 is 0 Å². The first-order valence-corrected chi connectivity index (χ1v) is 2.46. The van der Waals surface area contributed by atoms with Gasteiger partial charge in [-0.2, -0.15) is 0 Å². The topological polar surface area (TPSA) is 95.6 Å². The molecule has 0 aromatic carbocycles. The van der Waals surface area contributed by atoms with Gasteiger partial charge in [-0.1, -0.05) is 0 Å². The van der Waals surface area contributed by atoms with Gasteiger partial charge in [0.05, 0.1) is 6.10 Å². The van der Waals surface area contributed by atoms with Crippen molar-refractivity contribution in [2.24, 2.45) is 5.84 Å². The highest BCUT2D eigenvalue weighted by atomic mass is 16.4. The SMILES string of the molecule is C[C@H](O)[C@H](NN)C(=O)O. The maximum absolute atomic E-state index is 10.1. The zero-order chi connectivity index (χ0) is 7.44. The molecule has 0 saturated carbocycles. The summed E-state index contributed by atoms with van der Waals surface area (Å²) >= 11 is 0. The lowest BCUT2D eigenvalue weighted by Crippen LogP contribution is -2.48. The highest BCUT2D eigenvalue weighted by molar-refractivity contribution is 5.73. The van der Waals surface area contributed by atoms with E-state index in [2.05, 4.69) is 0 Å². The van der Waals surface area contributed by atoms with Crippen LogP contribution in [0.1, 0.15) is 6.92 Å². The molecule has 9 heavy (non-hydrogen) atoms. The average molecular weight is 134 g/mol. The molecule has 5 N–H and O–H groups in total. The molecule has 2 atom stereocenters. The van der Waals surface area contributed by atoms with Crippen molar-refractivity contribution in [2.75, 3.05) is 0 Å². The van der Waals surface area contributed by atoms with Crippen LogP contribution in [0.4, 0.5) is 0 Å². The first kappa shape index (κ1) is 8.35. The molecule has 0 aliphatic rings. The van der Waals surface area contributed by atoms with E-state index in [1.807, 2.05) is 5.43 Å². The molecular weight excluding hydrogens is 124 g/mol. The monoisotopic (exact) mass is 134 g/mol. The molecule has 0 unspecified atom stereocenters. The maximum atomic E-state index is 10.1. The number of hydrazine groups is 1. The predicted octanol–water partition coefficient (Wildman–Crippen LogP) is -1.72. The van der Waals surface area contributed by atoms with E-state index < -0.39 is 18.1 Å². The Kier molecular flexibility index (Phi) is 3.15. The van der Waals surface area contributed by atoms with E-state index in [-0.39, 0.29) is 0 Å². The summed E-state index contributed by atoms with van der Waals surface area (Å²) in [5.41, 5.74) is 1.95. The van der Waals surface area contributed by atoms with E-state index in [9.17, 15) is 4.79 Å². The third-order valence-corrected chi connectivity index (χ3v) is 0.928. The molecule has 0 heterocycles. The van der Waals surface area contributed by atoms with Crippen molar-refractivity contribution in [1.29, 1.82) is 0 Å². The normalized spacial score (nSPS) is 16.8. The van der Waals surface area contributed by atoms with Gasteiger partial charge in [0.1, 0.15) is 6.04 Å². The van der Waals surface area contributed by atoms with Gasteiger partial charge in [-0.25, -0.2) is 5.43 Å². The van der Waals surface area contributed by atoms with Gasteiger partial charge in [-0.15, -0.1) is 0 Å². The first-order valence-electron chi connectivity index (χ1n) is 2.46. The molecular formula is C4H10N2O3. The zero-order valence-corrected chi connectivity index (χ0v) is 5.03. The van der Waals surface area contributed by atoms with Crippen LogP contribution in [-0.2, 0) is 4.79 Å². The van der Waals surface area contributed by atoms with Gasteiger partial charge in [0.15, 0.2) is 0 Å². The van der Waals surface area contributed by atoms with Crippen LogP contribution in [0.5, 0.6) is 0 Å². The standard InChI is InChI=1S/C4H10N2O3/c1-2(7)3(6-5)4(8)9/h2-3,6-7H,5H2,1H3,(H,8,9)/t2-,3-/m0/s1. The molecule has 0 aliphatic carbocycles. The van der Waals surface area contributed by atoms with E-state index in [0.717, 1.165) is 0 Å². The minimum atomic E-state index is -1.16. The number of aliphatic hydroxyl groups is 1. The van der Waals surface area contributed by atoms with Gasteiger partial charge in [-0.05, 0) is 6.92 Å². The summed E-state index contributed by atoms with van der Waals surface area (Å²) < 4.78 is 0. The number of nitrogens with two attached hydrogens (primary N) is 1. The molecule has 0 aromatic rings. The summed E-state index contributed by atoms with van der Waals surface area (Å²) in [6.45, 7) is 1.35. The summed E-state index contributed by atoms with van der Waals surface area (Å²) in [5, 5.41) is 16.9. The Hall–Kier alpha value is -0.650. The third-order valence-electron chi connectivity index (χ3n) is 0.928. The van der Waals surface area contributed by atoms with Gasteiger partial charge in [-0.3, -0.25) is 10.6 Å². The predicted molar refractivity (Wildman–Crippen MR) is 30.4 cm³/mol. The number of carboxylic acid groups (broad SMARTS) is 1. The molecule has 0 aliphatic heterocycles. The Morgan fingerprint density at radius 1 is 1.78 bits per heavy atom. The number of hydrogen-bond donors (Lipinski definition) is 4. The van der Waals surface area contributed by atoms with Crippen LogP contribution in [0.3, 0.4) is 0 Å². The highest BCUT2D eigenvalue weighted by Crippen LogP contribution is 1.88. The largest absolute Gasteiger partial charge is 0.480 e. The van der Waals surface area contributed by atoms with Crippen molar-refractivity contribution in [1.82, 2.24) is 5.43 Å². The molecule has 0 saturated heterocycles. The summed E-state index contributed by atoms with van der Waals surface area (Å²) in [6.07, 6.45) is -0.979. The van der Waals surface area contributed by atoms with E-state index in [4.69, 9.17) is 16.1 Å². The van der Waals surface area contributed by atoms with Crippen molar-refractivity contribution in [2.45, 2.75) is 19.1 Å². The number of aliphatic hydroxyl groups excluding tert-OH is 1. The second-order valence-corrected chi connectivity index (χ2v) is 1.72. The minimum absolute atomic E-state index is 0.979.